The zero-order valence-electron chi connectivity index (χ0n) is 15.3. The van der Waals surface area contributed by atoms with Gasteiger partial charge >= 0.3 is 6.09 Å². The Morgan fingerprint density at radius 3 is 2.64 bits per heavy atom. The van der Waals surface area contributed by atoms with Crippen LogP contribution in [0.1, 0.15) is 39.2 Å². The first-order valence-electron chi connectivity index (χ1n) is 8.40. The molecule has 136 valence electrons. The summed E-state index contributed by atoms with van der Waals surface area (Å²) >= 11 is 0. The van der Waals surface area contributed by atoms with Gasteiger partial charge in [-0.3, -0.25) is 4.79 Å². The average molecular weight is 346 g/mol. The van der Waals surface area contributed by atoms with Crippen LogP contribution in [0.25, 0.3) is 0 Å². The maximum absolute atomic E-state index is 12.4. The van der Waals surface area contributed by atoms with Crippen LogP contribution in [0.5, 0.6) is 0 Å². The van der Waals surface area contributed by atoms with Crippen LogP contribution in [0.2, 0.25) is 0 Å². The monoisotopic (exact) mass is 346 g/mol. The summed E-state index contributed by atoms with van der Waals surface area (Å²) in [6, 6.07) is 7.41. The highest BCUT2D eigenvalue weighted by Crippen LogP contribution is 2.20. The number of hydrogen-bond donors (Lipinski definition) is 1. The first kappa shape index (κ1) is 18.8. The number of carbonyl (C=O) groups excluding carboxylic acids is 2. The van der Waals surface area contributed by atoms with E-state index in [0.29, 0.717) is 30.8 Å². The Labute approximate surface area is 148 Å². The third-order valence-electron chi connectivity index (χ3n) is 3.60. The predicted octanol–water partition coefficient (Wildman–Crippen LogP) is 3.69. The van der Waals surface area contributed by atoms with Gasteiger partial charge in [0.15, 0.2) is 0 Å². The van der Waals surface area contributed by atoms with Gasteiger partial charge in [0.05, 0.1) is 25.0 Å². The van der Waals surface area contributed by atoms with E-state index < -0.39 is 11.7 Å². The zero-order valence-corrected chi connectivity index (χ0v) is 15.3. The molecule has 0 aromatic heterocycles. The quantitative estimate of drug-likeness (QED) is 0.903. The number of rotatable bonds is 4. The number of nitrogens with one attached hydrogen (secondary N) is 1. The molecule has 2 amide bonds. The van der Waals surface area contributed by atoms with Gasteiger partial charge < -0.3 is 19.7 Å². The summed E-state index contributed by atoms with van der Waals surface area (Å²) in [5.74, 6) is -0.174. The molecule has 0 fully saturated rings. The molecule has 0 unspecified atom stereocenters. The Hall–Kier alpha value is -2.50. The number of anilines is 1. The van der Waals surface area contributed by atoms with Gasteiger partial charge in [0.1, 0.15) is 5.60 Å². The van der Waals surface area contributed by atoms with E-state index in [1.807, 2.05) is 45.0 Å². The molecule has 0 spiro atoms. The molecule has 6 heteroatoms. The van der Waals surface area contributed by atoms with E-state index in [9.17, 15) is 9.59 Å². The smallest absolute Gasteiger partial charge is 0.410 e. The second-order valence-corrected chi connectivity index (χ2v) is 7.07. The van der Waals surface area contributed by atoms with Gasteiger partial charge in [-0.2, -0.15) is 0 Å². The predicted molar refractivity (Wildman–Crippen MR) is 96.0 cm³/mol. The molecule has 25 heavy (non-hydrogen) atoms. The Morgan fingerprint density at radius 1 is 1.28 bits per heavy atom. The molecule has 2 rings (SSSR count). The van der Waals surface area contributed by atoms with Crippen molar-refractivity contribution in [2.45, 2.75) is 45.8 Å². The summed E-state index contributed by atoms with van der Waals surface area (Å²) in [6.07, 6.45) is 2.65. The first-order chi connectivity index (χ1) is 11.8. The van der Waals surface area contributed by atoms with E-state index in [1.54, 1.807) is 7.05 Å². The van der Waals surface area contributed by atoms with Gasteiger partial charge in [-0.25, -0.2) is 4.79 Å². The molecule has 0 bridgehead atoms. The summed E-state index contributed by atoms with van der Waals surface area (Å²) in [4.78, 5) is 26.0. The summed E-state index contributed by atoms with van der Waals surface area (Å²) in [6.45, 7) is 6.46. The lowest BCUT2D eigenvalue weighted by Gasteiger charge is -2.25. The highest BCUT2D eigenvalue weighted by atomic mass is 16.6. The minimum absolute atomic E-state index is 0.174. The summed E-state index contributed by atoms with van der Waals surface area (Å²) < 4.78 is 10.6. The lowest BCUT2D eigenvalue weighted by atomic mass is 10.1. The maximum atomic E-state index is 12.4. The molecular weight excluding hydrogens is 320 g/mol. The van der Waals surface area contributed by atoms with Gasteiger partial charge in [-0.05, 0) is 45.2 Å². The molecule has 0 saturated heterocycles. The molecular formula is C19H26N2O4. The fourth-order valence-electron chi connectivity index (χ4n) is 2.37. The van der Waals surface area contributed by atoms with Crippen LogP contribution in [0.15, 0.2) is 36.1 Å². The molecule has 6 nitrogen and oxygen atoms in total. The van der Waals surface area contributed by atoms with E-state index in [1.165, 1.54) is 11.2 Å². The Balaban J connectivity index is 2.06. The van der Waals surface area contributed by atoms with Crippen molar-refractivity contribution in [3.63, 3.8) is 0 Å². The molecule has 1 N–H and O–H groups in total. The third-order valence-corrected chi connectivity index (χ3v) is 3.60. The summed E-state index contributed by atoms with van der Waals surface area (Å²) in [5, 5.41) is 2.91. The summed E-state index contributed by atoms with van der Waals surface area (Å²) in [5.41, 5.74) is 1.59. The van der Waals surface area contributed by atoms with Crippen molar-refractivity contribution in [1.82, 2.24) is 4.90 Å². The highest BCUT2D eigenvalue weighted by molar-refractivity contribution is 6.04. The topological polar surface area (TPSA) is 67.9 Å². The van der Waals surface area contributed by atoms with E-state index in [-0.39, 0.29) is 5.91 Å². The van der Waals surface area contributed by atoms with Crippen molar-refractivity contribution < 1.29 is 19.1 Å². The second-order valence-electron chi connectivity index (χ2n) is 7.07. The molecule has 1 heterocycles. The number of amides is 2. The van der Waals surface area contributed by atoms with Gasteiger partial charge in [0, 0.05) is 12.7 Å². The molecule has 0 aliphatic carbocycles. The standard InChI is InChI=1S/C19H26N2O4/c1-19(2,3)25-18(23)21(4)12-14-8-5-6-10-16(14)20-17(22)15-9-7-11-24-13-15/h5-6,8,10,13H,7,9,11-12H2,1-4H3,(H,20,22). The van der Waals surface area contributed by atoms with Gasteiger partial charge in [0.25, 0.3) is 5.91 Å². The van der Waals surface area contributed by atoms with Crippen LogP contribution >= 0.6 is 0 Å². The number of hydrogen-bond acceptors (Lipinski definition) is 4. The lowest BCUT2D eigenvalue weighted by Crippen LogP contribution is -2.34. The van der Waals surface area contributed by atoms with E-state index in [2.05, 4.69) is 5.32 Å². The van der Waals surface area contributed by atoms with Crippen LogP contribution in [0, 0.1) is 0 Å². The van der Waals surface area contributed by atoms with Gasteiger partial charge in [0.2, 0.25) is 0 Å². The Kier molecular flexibility index (Phi) is 6.07. The molecule has 1 aromatic carbocycles. The SMILES string of the molecule is CN(Cc1ccccc1NC(=O)C1=COCCC1)C(=O)OC(C)(C)C. The molecule has 0 saturated carbocycles. The van der Waals surface area contributed by atoms with Crippen LogP contribution in [-0.4, -0.2) is 36.2 Å². The van der Waals surface area contributed by atoms with Crippen molar-refractivity contribution in [2.75, 3.05) is 19.0 Å². The van der Waals surface area contributed by atoms with E-state index in [0.717, 1.165) is 12.0 Å². The van der Waals surface area contributed by atoms with E-state index >= 15 is 0 Å². The highest BCUT2D eigenvalue weighted by Gasteiger charge is 2.21. The van der Waals surface area contributed by atoms with Crippen LogP contribution in [0.4, 0.5) is 10.5 Å². The Morgan fingerprint density at radius 2 is 2.00 bits per heavy atom. The number of ether oxygens (including phenoxy) is 2. The molecule has 1 aromatic rings. The maximum Gasteiger partial charge on any atom is 0.410 e. The van der Waals surface area contributed by atoms with Gasteiger partial charge in [-0.1, -0.05) is 18.2 Å². The van der Waals surface area contributed by atoms with Crippen LogP contribution < -0.4 is 5.32 Å². The minimum Gasteiger partial charge on any atom is -0.501 e. The van der Waals surface area contributed by atoms with Crippen molar-refractivity contribution in [1.29, 1.82) is 0 Å². The van der Waals surface area contributed by atoms with E-state index in [4.69, 9.17) is 9.47 Å². The fraction of sp³-hybridized carbons (Fsp3) is 0.474. The number of para-hydroxylation sites is 1. The fourth-order valence-corrected chi connectivity index (χ4v) is 2.37. The molecule has 1 aliphatic heterocycles. The van der Waals surface area contributed by atoms with Crippen molar-refractivity contribution in [3.8, 4) is 0 Å². The molecule has 0 radical (unpaired) electrons. The zero-order chi connectivity index (χ0) is 18.4. The van der Waals surface area contributed by atoms with Crippen LogP contribution in [-0.2, 0) is 20.8 Å². The van der Waals surface area contributed by atoms with Crippen molar-refractivity contribution >= 4 is 17.7 Å². The lowest BCUT2D eigenvalue weighted by molar-refractivity contribution is -0.113. The molecule has 1 aliphatic rings. The average Bonchev–Trinajstić information content (AvgIpc) is 2.55. The third kappa shape index (κ3) is 5.81. The number of benzene rings is 1. The largest absolute Gasteiger partial charge is 0.501 e. The molecule has 0 atom stereocenters. The van der Waals surface area contributed by atoms with Crippen LogP contribution in [0.3, 0.4) is 0 Å². The second kappa shape index (κ2) is 8.05. The minimum atomic E-state index is -0.549. The van der Waals surface area contributed by atoms with Gasteiger partial charge in [-0.15, -0.1) is 0 Å². The van der Waals surface area contributed by atoms with Crippen molar-refractivity contribution in [3.05, 3.63) is 41.7 Å². The summed E-state index contributed by atoms with van der Waals surface area (Å²) in [7, 11) is 1.67. The first-order valence-corrected chi connectivity index (χ1v) is 8.40. The number of nitrogens with zero attached hydrogens (tertiary/aromatic N) is 1. The van der Waals surface area contributed by atoms with Crippen molar-refractivity contribution in [2.24, 2.45) is 0 Å². The number of carbonyl (C=O) groups is 2. The Bertz CT molecular complexity index is 662. The normalized spacial score (nSPS) is 14.2.